The first-order valence-electron chi connectivity index (χ1n) is 10.3. The summed E-state index contributed by atoms with van der Waals surface area (Å²) < 4.78 is 0. The number of hydrogen-bond donors (Lipinski definition) is 3. The fraction of sp³-hybridized carbons (Fsp3) is 0.455. The third kappa shape index (κ3) is 4.39. The van der Waals surface area contributed by atoms with Gasteiger partial charge in [0, 0.05) is 32.7 Å². The summed E-state index contributed by atoms with van der Waals surface area (Å²) in [5, 5.41) is 17.4. The van der Waals surface area contributed by atoms with Crippen molar-refractivity contribution in [2.45, 2.75) is 44.3 Å². The molecule has 2 fully saturated rings. The number of likely N-dealkylation sites (tertiary alicyclic amines) is 1. The summed E-state index contributed by atoms with van der Waals surface area (Å²) in [6.45, 7) is 1.75. The molecule has 0 radical (unpaired) electrons. The molecule has 1 unspecified atom stereocenters. The van der Waals surface area contributed by atoms with E-state index >= 15 is 0 Å². The van der Waals surface area contributed by atoms with Gasteiger partial charge in [-0.3, -0.25) is 0 Å². The molecule has 154 valence electrons. The predicted molar refractivity (Wildman–Crippen MR) is 112 cm³/mol. The Hall–Kier alpha value is -2.96. The van der Waals surface area contributed by atoms with Crippen LogP contribution in [0.15, 0.2) is 36.4 Å². The first-order chi connectivity index (χ1) is 14.0. The number of hydrogen-bond acceptors (Lipinski definition) is 3. The summed E-state index contributed by atoms with van der Waals surface area (Å²) in [4.78, 5) is 28.8. The Bertz CT molecular complexity index is 912. The highest BCUT2D eigenvalue weighted by Crippen LogP contribution is 2.31. The first-order valence-corrected chi connectivity index (χ1v) is 10.3. The number of phenolic OH excluding ortho intramolecular Hbond substituents is 1. The zero-order chi connectivity index (χ0) is 20.4. The van der Waals surface area contributed by atoms with E-state index in [1.54, 1.807) is 24.1 Å². The molecule has 1 aliphatic carbocycles. The van der Waals surface area contributed by atoms with Crippen LogP contribution in [0.4, 0.5) is 9.59 Å². The Morgan fingerprint density at radius 3 is 2.66 bits per heavy atom. The molecule has 1 aliphatic heterocycles. The largest absolute Gasteiger partial charge is 0.508 e. The van der Waals surface area contributed by atoms with Crippen LogP contribution < -0.4 is 10.6 Å². The van der Waals surface area contributed by atoms with Gasteiger partial charge >= 0.3 is 12.1 Å². The van der Waals surface area contributed by atoms with Crippen LogP contribution in [0.3, 0.4) is 0 Å². The number of nitrogens with zero attached hydrogens (tertiary/aromatic N) is 2. The van der Waals surface area contributed by atoms with E-state index < -0.39 is 0 Å². The van der Waals surface area contributed by atoms with E-state index in [1.165, 1.54) is 0 Å². The zero-order valence-corrected chi connectivity index (χ0v) is 16.7. The van der Waals surface area contributed by atoms with Gasteiger partial charge in [0.1, 0.15) is 5.75 Å². The highest BCUT2D eigenvalue weighted by molar-refractivity contribution is 5.84. The van der Waals surface area contributed by atoms with E-state index in [0.29, 0.717) is 13.1 Å². The lowest BCUT2D eigenvalue weighted by Crippen LogP contribution is -2.56. The maximum atomic E-state index is 13.0. The molecule has 2 aromatic carbocycles. The van der Waals surface area contributed by atoms with E-state index in [0.717, 1.165) is 48.6 Å². The van der Waals surface area contributed by atoms with Crippen LogP contribution in [0.5, 0.6) is 5.75 Å². The van der Waals surface area contributed by atoms with Crippen LogP contribution in [-0.2, 0) is 6.54 Å². The van der Waals surface area contributed by atoms with Crippen molar-refractivity contribution in [3.63, 3.8) is 0 Å². The van der Waals surface area contributed by atoms with Crippen molar-refractivity contribution in [3.8, 4) is 5.75 Å². The fourth-order valence-electron chi connectivity index (χ4n) is 4.17. The lowest BCUT2D eigenvalue weighted by atomic mass is 10.0. The molecule has 1 atom stereocenters. The molecule has 1 saturated carbocycles. The molecule has 3 N–H and O–H groups in total. The fourth-order valence-corrected chi connectivity index (χ4v) is 4.17. The minimum Gasteiger partial charge on any atom is -0.508 e. The maximum absolute atomic E-state index is 13.0. The third-order valence-corrected chi connectivity index (χ3v) is 5.80. The van der Waals surface area contributed by atoms with Crippen molar-refractivity contribution >= 4 is 22.8 Å². The van der Waals surface area contributed by atoms with Crippen LogP contribution in [0, 0.1) is 0 Å². The van der Waals surface area contributed by atoms with E-state index in [-0.39, 0.29) is 29.9 Å². The first kappa shape index (κ1) is 19.4. The van der Waals surface area contributed by atoms with Gasteiger partial charge in [0.2, 0.25) is 0 Å². The number of piperidine rings is 1. The number of fused-ring (bicyclic) bond motifs is 1. The second-order valence-corrected chi connectivity index (χ2v) is 7.96. The lowest BCUT2D eigenvalue weighted by Gasteiger charge is -2.39. The lowest BCUT2D eigenvalue weighted by molar-refractivity contribution is 0.116. The van der Waals surface area contributed by atoms with Gasteiger partial charge in [-0.05, 0) is 60.2 Å². The van der Waals surface area contributed by atoms with Crippen LogP contribution in [0.25, 0.3) is 10.8 Å². The van der Waals surface area contributed by atoms with Gasteiger partial charge in [0.05, 0.1) is 6.04 Å². The molecule has 1 saturated heterocycles. The monoisotopic (exact) mass is 396 g/mol. The Balaban J connectivity index is 1.42. The molecule has 2 aromatic rings. The maximum Gasteiger partial charge on any atom is 0.318 e. The number of rotatable bonds is 4. The van der Waals surface area contributed by atoms with Crippen molar-refractivity contribution < 1.29 is 14.7 Å². The van der Waals surface area contributed by atoms with Gasteiger partial charge in [-0.15, -0.1) is 0 Å². The van der Waals surface area contributed by atoms with Gasteiger partial charge in [-0.1, -0.05) is 18.2 Å². The Kier molecular flexibility index (Phi) is 5.47. The molecule has 0 aromatic heterocycles. The Morgan fingerprint density at radius 1 is 1.10 bits per heavy atom. The van der Waals surface area contributed by atoms with Crippen molar-refractivity contribution in [1.82, 2.24) is 20.4 Å². The number of benzene rings is 2. The molecule has 7 heteroatoms. The number of carbonyl (C=O) groups excluding carboxylic acids is 2. The summed E-state index contributed by atoms with van der Waals surface area (Å²) in [6, 6.07) is 11.5. The zero-order valence-electron chi connectivity index (χ0n) is 16.7. The number of aromatic hydroxyl groups is 1. The highest BCUT2D eigenvalue weighted by Gasteiger charge is 2.39. The van der Waals surface area contributed by atoms with Crippen molar-refractivity contribution in [1.29, 1.82) is 0 Å². The second kappa shape index (κ2) is 8.19. The molecule has 4 amide bonds. The molecule has 2 aliphatic rings. The predicted octanol–water partition coefficient (Wildman–Crippen LogP) is 3.02. The van der Waals surface area contributed by atoms with Crippen molar-refractivity contribution in [2.75, 3.05) is 20.1 Å². The summed E-state index contributed by atoms with van der Waals surface area (Å²) in [7, 11) is 1.64. The van der Waals surface area contributed by atoms with Crippen molar-refractivity contribution in [3.05, 3.63) is 42.0 Å². The number of amides is 4. The second-order valence-electron chi connectivity index (χ2n) is 7.96. The Labute approximate surface area is 170 Å². The molecule has 0 bridgehead atoms. The van der Waals surface area contributed by atoms with Crippen LogP contribution in [0.2, 0.25) is 0 Å². The quantitative estimate of drug-likeness (QED) is 0.743. The van der Waals surface area contributed by atoms with Gasteiger partial charge in [0.25, 0.3) is 0 Å². The van der Waals surface area contributed by atoms with Crippen molar-refractivity contribution in [2.24, 2.45) is 0 Å². The SMILES string of the molecule is CNC(=O)N1CCCC(N(C(=O)NCc2ccc3ccc(O)cc3c2)C2CC2)C1. The highest BCUT2D eigenvalue weighted by atomic mass is 16.3. The van der Waals surface area contributed by atoms with Gasteiger partial charge in [-0.25, -0.2) is 9.59 Å². The minimum atomic E-state index is -0.0785. The standard InChI is InChI=1S/C22H28N4O3/c1-23-21(28)25-10-2-3-19(14-25)26(18-7-8-18)22(29)24-13-15-4-5-16-6-9-20(27)12-17(16)11-15/h4-6,9,11-12,18-19,27H,2-3,7-8,10,13-14H2,1H3,(H,23,28)(H,24,29). The topological polar surface area (TPSA) is 84.9 Å². The summed E-state index contributed by atoms with van der Waals surface area (Å²) >= 11 is 0. The summed E-state index contributed by atoms with van der Waals surface area (Å²) in [5.74, 6) is 0.233. The molecular weight excluding hydrogens is 368 g/mol. The average molecular weight is 396 g/mol. The molecule has 0 spiro atoms. The van der Waals surface area contributed by atoms with E-state index in [1.807, 2.05) is 29.2 Å². The van der Waals surface area contributed by atoms with E-state index in [2.05, 4.69) is 10.6 Å². The van der Waals surface area contributed by atoms with Crippen LogP contribution >= 0.6 is 0 Å². The Morgan fingerprint density at radius 2 is 1.90 bits per heavy atom. The van der Waals surface area contributed by atoms with Gasteiger partial charge in [-0.2, -0.15) is 0 Å². The molecule has 29 heavy (non-hydrogen) atoms. The van der Waals surface area contributed by atoms with Gasteiger partial charge in [0.15, 0.2) is 0 Å². The van der Waals surface area contributed by atoms with E-state index in [4.69, 9.17) is 0 Å². The minimum absolute atomic E-state index is 0.0575. The number of phenols is 1. The average Bonchev–Trinajstić information content (AvgIpc) is 3.56. The summed E-state index contributed by atoms with van der Waals surface area (Å²) in [5.41, 5.74) is 0.989. The molecule has 1 heterocycles. The smallest absolute Gasteiger partial charge is 0.318 e. The van der Waals surface area contributed by atoms with E-state index in [9.17, 15) is 14.7 Å². The molecular formula is C22H28N4O3. The summed E-state index contributed by atoms with van der Waals surface area (Å²) in [6.07, 6.45) is 3.88. The van der Waals surface area contributed by atoms with Crippen LogP contribution in [-0.4, -0.2) is 59.2 Å². The van der Waals surface area contributed by atoms with Crippen LogP contribution in [0.1, 0.15) is 31.2 Å². The molecule has 7 nitrogen and oxygen atoms in total. The number of urea groups is 2. The molecule has 4 rings (SSSR count). The number of carbonyl (C=O) groups is 2. The number of nitrogens with one attached hydrogen (secondary N) is 2. The van der Waals surface area contributed by atoms with Gasteiger partial charge < -0.3 is 25.5 Å². The third-order valence-electron chi connectivity index (χ3n) is 5.80. The normalized spacial score (nSPS) is 19.1.